The van der Waals surface area contributed by atoms with E-state index < -0.39 is 42.1 Å². The maximum atomic E-state index is 13.5. The Labute approximate surface area is 334 Å². The molecule has 1 aromatic carbocycles. The fourth-order valence-corrected chi connectivity index (χ4v) is 6.29. The Kier molecular flexibility index (Phi) is 22.0. The summed E-state index contributed by atoms with van der Waals surface area (Å²) in [5.74, 6) is -3.14. The summed E-state index contributed by atoms with van der Waals surface area (Å²) in [6.45, 7) is 2.84. The minimum atomic E-state index is -2.08. The van der Waals surface area contributed by atoms with Gasteiger partial charge in [-0.25, -0.2) is 0 Å². The van der Waals surface area contributed by atoms with Gasteiger partial charge in [-0.3, -0.25) is 29.8 Å². The number of aromatic nitrogens is 2. The molecule has 3 atom stereocenters. The number of aliphatic carboxylic acids is 2. The Bertz CT molecular complexity index is 1540. The molecule has 1 radical (unpaired) electrons. The number of unbranched alkanes of at least 4 members (excludes halogenated alkanes) is 2. The number of nitrogens with one attached hydrogen (secondary N) is 2. The SMILES string of the molecule is O=C(CCCCN(Cc1ccccn1)Cc1ccccn1)NCCCC[C@H](N[C@H](CCc1ccccc1)C(=O)[O-])C(=O)N1CCC[C@H]1C(=O)[O-].O=C([O-])O.[99Tc]. The van der Waals surface area contributed by atoms with Crippen molar-refractivity contribution in [1.82, 2.24) is 30.4 Å². The van der Waals surface area contributed by atoms with Crippen molar-refractivity contribution in [3.05, 3.63) is 96.1 Å². The van der Waals surface area contributed by atoms with Crippen LogP contribution in [-0.2, 0) is 58.8 Å². The molecule has 2 amide bonds. The second-order valence-electron chi connectivity index (χ2n) is 13.0. The zero-order chi connectivity index (χ0) is 39.1. The number of hydrogen-bond donors (Lipinski definition) is 3. The number of benzene rings is 1. The standard InChI is InChI=1S/C38H50N6O6.CH2O3.Tc/c45-35(19-7-11-25-43(27-30-15-4-8-22-39-30)28-31-16-5-9-23-40-31)41-24-10-6-17-32(36(46)44-26-12-18-34(44)38(49)50)42-33(37(47)48)21-20-29-13-2-1-3-14-29;2-1(3)4;/h1-5,8-9,13-16,22-23,32-34,42H,6-7,10-12,17-21,24-28H2,(H,41,45)(H,47,48)(H,49,50);(H2,2,3,4);/p-3/t32-,33+,34-;;/m0../s1/i;;1+1. The Morgan fingerprint density at radius 3 is 2.00 bits per heavy atom. The fourth-order valence-electron chi connectivity index (χ4n) is 6.29. The van der Waals surface area contributed by atoms with Crippen LogP contribution in [0, 0.1) is 0 Å². The predicted molar refractivity (Wildman–Crippen MR) is 192 cm³/mol. The maximum absolute atomic E-state index is 13.5. The number of likely N-dealkylation sites (tertiary alicyclic amines) is 1. The number of pyridine rings is 2. The van der Waals surface area contributed by atoms with Gasteiger partial charge in [-0.15, -0.1) is 0 Å². The molecule has 4 rings (SSSR count). The smallest absolute Gasteiger partial charge is 0.249 e. The molecular formula is C39H49N6O9Tc-3. The monoisotopic (exact) mass is 844 g/mol. The number of hydrogen-bond acceptors (Lipinski definition) is 12. The van der Waals surface area contributed by atoms with Crippen LogP contribution in [0.4, 0.5) is 4.79 Å². The molecule has 0 unspecified atom stereocenters. The van der Waals surface area contributed by atoms with Crippen LogP contribution in [0.2, 0.25) is 0 Å². The molecule has 55 heavy (non-hydrogen) atoms. The number of amides is 2. The van der Waals surface area contributed by atoms with Gasteiger partial charge >= 0.3 is 0 Å². The number of carboxylic acid groups (broad SMARTS) is 4. The van der Waals surface area contributed by atoms with Crippen LogP contribution < -0.4 is 26.0 Å². The van der Waals surface area contributed by atoms with E-state index in [4.69, 9.17) is 15.0 Å². The molecule has 15 nitrogen and oxygen atoms in total. The molecule has 1 saturated heterocycles. The Morgan fingerprint density at radius 2 is 1.44 bits per heavy atom. The minimum absolute atomic E-state index is 0. The van der Waals surface area contributed by atoms with Gasteiger partial charge in [-0.1, -0.05) is 42.5 Å². The van der Waals surface area contributed by atoms with Crippen molar-refractivity contribution in [2.45, 2.75) is 95.4 Å². The summed E-state index contributed by atoms with van der Waals surface area (Å²) in [5, 5.41) is 45.0. The third-order valence-electron chi connectivity index (χ3n) is 8.95. The summed E-state index contributed by atoms with van der Waals surface area (Å²) in [7, 11) is 0. The number of aryl methyl sites for hydroxylation is 1. The quantitative estimate of drug-likeness (QED) is 0.116. The first-order chi connectivity index (χ1) is 26.0. The molecule has 3 aromatic rings. The second kappa shape index (κ2) is 26.1. The van der Waals surface area contributed by atoms with Gasteiger partial charge in [0.15, 0.2) is 0 Å². The van der Waals surface area contributed by atoms with Crippen LogP contribution in [-0.4, -0.2) is 92.5 Å². The van der Waals surface area contributed by atoms with Crippen molar-refractivity contribution in [1.29, 1.82) is 0 Å². The van der Waals surface area contributed by atoms with Crippen molar-refractivity contribution in [3.8, 4) is 0 Å². The second-order valence-corrected chi connectivity index (χ2v) is 13.0. The van der Waals surface area contributed by atoms with Gasteiger partial charge in [0.05, 0.1) is 35.4 Å². The minimum Gasteiger partial charge on any atom is -0.565 e. The number of carbonyl (C=O) groups excluding carboxylic acids is 4. The topological polar surface area (TPSA) is 231 Å². The molecule has 3 heterocycles. The molecule has 3 N–H and O–H groups in total. The summed E-state index contributed by atoms with van der Waals surface area (Å²) in [6, 6.07) is 18.1. The van der Waals surface area contributed by atoms with Gasteiger partial charge < -0.3 is 45.0 Å². The van der Waals surface area contributed by atoms with E-state index in [1.165, 1.54) is 4.90 Å². The number of nitrogens with zero attached hydrogens (tertiary/aromatic N) is 4. The van der Waals surface area contributed by atoms with Crippen LogP contribution in [0.1, 0.15) is 74.7 Å². The zero-order valence-electron chi connectivity index (χ0n) is 30.7. The van der Waals surface area contributed by atoms with Gasteiger partial charge in [0.2, 0.25) is 18.0 Å². The van der Waals surface area contributed by atoms with Crippen molar-refractivity contribution in [2.75, 3.05) is 19.6 Å². The van der Waals surface area contributed by atoms with E-state index in [1.54, 1.807) is 12.4 Å². The summed E-state index contributed by atoms with van der Waals surface area (Å²) in [4.78, 5) is 70.8. The molecule has 1 aliphatic heterocycles. The van der Waals surface area contributed by atoms with Crippen molar-refractivity contribution in [3.63, 3.8) is 0 Å². The first-order valence-corrected chi connectivity index (χ1v) is 18.2. The van der Waals surface area contributed by atoms with E-state index >= 15 is 0 Å². The molecule has 0 spiro atoms. The molecule has 0 aliphatic carbocycles. The van der Waals surface area contributed by atoms with Crippen molar-refractivity contribution < 1.29 is 64.5 Å². The van der Waals surface area contributed by atoms with E-state index in [0.29, 0.717) is 58.2 Å². The molecule has 16 heteroatoms. The molecule has 1 aliphatic rings. The molecule has 1 fully saturated rings. The average molecular weight is 845 g/mol. The number of rotatable bonds is 22. The molecular weight excluding hydrogens is 795 g/mol. The largest absolute Gasteiger partial charge is 0.565 e. The van der Waals surface area contributed by atoms with E-state index in [1.807, 2.05) is 66.7 Å². The summed E-state index contributed by atoms with van der Waals surface area (Å²) < 4.78 is 0. The number of carboxylic acids is 2. The molecule has 2 aromatic heterocycles. The Morgan fingerprint density at radius 1 is 0.818 bits per heavy atom. The van der Waals surface area contributed by atoms with Gasteiger partial charge in [0, 0.05) is 71.1 Å². The van der Waals surface area contributed by atoms with Crippen LogP contribution >= 0.6 is 0 Å². The van der Waals surface area contributed by atoms with E-state index in [2.05, 4.69) is 25.5 Å². The van der Waals surface area contributed by atoms with Crippen molar-refractivity contribution >= 4 is 29.9 Å². The molecule has 0 saturated carbocycles. The Balaban J connectivity index is 0.00000199. The Hall–Kier alpha value is -4.76. The maximum Gasteiger partial charge on any atom is 0.249 e. The fraction of sp³-hybridized carbons (Fsp3) is 0.462. The molecule has 299 valence electrons. The van der Waals surface area contributed by atoms with Gasteiger partial charge in [-0.2, -0.15) is 0 Å². The summed E-state index contributed by atoms with van der Waals surface area (Å²) in [5.41, 5.74) is 2.91. The normalized spacial score (nSPS) is 14.5. The molecule has 0 bridgehead atoms. The number of carbonyl (C=O) groups is 5. The van der Waals surface area contributed by atoms with E-state index in [-0.39, 0.29) is 45.4 Å². The summed E-state index contributed by atoms with van der Waals surface area (Å²) >= 11 is 0. The third-order valence-corrected chi connectivity index (χ3v) is 8.95. The predicted octanol–water partition coefficient (Wildman–Crippen LogP) is 0.271. The van der Waals surface area contributed by atoms with Gasteiger partial charge in [-0.05, 0) is 94.2 Å². The van der Waals surface area contributed by atoms with Crippen LogP contribution in [0.3, 0.4) is 0 Å². The van der Waals surface area contributed by atoms with Crippen LogP contribution in [0.25, 0.3) is 0 Å². The third kappa shape index (κ3) is 18.4. The van der Waals surface area contributed by atoms with Crippen LogP contribution in [0.5, 0.6) is 0 Å². The van der Waals surface area contributed by atoms with Crippen molar-refractivity contribution in [2.24, 2.45) is 0 Å². The van der Waals surface area contributed by atoms with Crippen LogP contribution in [0.15, 0.2) is 79.1 Å². The summed E-state index contributed by atoms with van der Waals surface area (Å²) in [6.07, 6.45) is 6.30. The van der Waals surface area contributed by atoms with E-state index in [9.17, 15) is 29.4 Å². The zero-order valence-corrected chi connectivity index (χ0v) is 32.6. The van der Waals surface area contributed by atoms with E-state index in [0.717, 1.165) is 36.3 Å². The first kappa shape index (κ1) is 46.4. The van der Waals surface area contributed by atoms with Gasteiger partial charge in [0.25, 0.3) is 0 Å². The average Bonchev–Trinajstić information content (AvgIpc) is 3.65. The van der Waals surface area contributed by atoms with Gasteiger partial charge in [0.1, 0.15) is 0 Å². The first-order valence-electron chi connectivity index (χ1n) is 18.2.